The van der Waals surface area contributed by atoms with Crippen LogP contribution < -0.4 is 10.1 Å². The summed E-state index contributed by atoms with van der Waals surface area (Å²) in [5.41, 5.74) is 1.11. The number of aryl methyl sites for hydroxylation is 2. The highest BCUT2D eigenvalue weighted by molar-refractivity contribution is 5.77. The molecule has 0 saturated carbocycles. The van der Waals surface area contributed by atoms with E-state index in [4.69, 9.17) is 4.74 Å². The number of nitrogens with one attached hydrogen (secondary N) is 1. The number of rotatable bonds is 6. The summed E-state index contributed by atoms with van der Waals surface area (Å²) >= 11 is 0. The van der Waals surface area contributed by atoms with E-state index in [-0.39, 0.29) is 12.5 Å². The Morgan fingerprint density at radius 2 is 2.21 bits per heavy atom. The zero-order valence-corrected chi connectivity index (χ0v) is 14.1. The van der Waals surface area contributed by atoms with Crippen LogP contribution in [0.3, 0.4) is 0 Å². The van der Waals surface area contributed by atoms with Crippen LogP contribution >= 0.6 is 0 Å². The third kappa shape index (κ3) is 4.34. The van der Waals surface area contributed by atoms with E-state index in [0.29, 0.717) is 18.7 Å². The van der Waals surface area contributed by atoms with Crippen molar-refractivity contribution < 1.29 is 9.53 Å². The molecule has 1 N–H and O–H groups in total. The second-order valence-corrected chi connectivity index (χ2v) is 6.20. The first-order valence-corrected chi connectivity index (χ1v) is 8.59. The SMILES string of the molecule is Cc1cccc(OCC(=O)NCCc2nnc3n2CCCCC3)c1. The van der Waals surface area contributed by atoms with E-state index in [1.54, 1.807) is 0 Å². The minimum Gasteiger partial charge on any atom is -0.484 e. The van der Waals surface area contributed by atoms with E-state index < -0.39 is 0 Å². The van der Waals surface area contributed by atoms with Crippen molar-refractivity contribution >= 4 is 5.91 Å². The zero-order valence-electron chi connectivity index (χ0n) is 14.1. The molecule has 1 aliphatic heterocycles. The third-order valence-electron chi connectivity index (χ3n) is 4.22. The van der Waals surface area contributed by atoms with Gasteiger partial charge in [-0.2, -0.15) is 0 Å². The minimum absolute atomic E-state index is 0.0292. The van der Waals surface area contributed by atoms with E-state index >= 15 is 0 Å². The molecule has 1 aliphatic rings. The molecule has 128 valence electrons. The molecular formula is C18H24N4O2. The lowest BCUT2D eigenvalue weighted by atomic mass is 10.2. The first-order chi connectivity index (χ1) is 11.7. The number of carbonyl (C=O) groups excluding carboxylic acids is 1. The van der Waals surface area contributed by atoms with Gasteiger partial charge in [0.05, 0.1) is 0 Å². The van der Waals surface area contributed by atoms with Crippen LogP contribution in [0.5, 0.6) is 5.75 Å². The smallest absolute Gasteiger partial charge is 0.257 e. The number of ether oxygens (including phenoxy) is 1. The Kier molecular flexibility index (Phi) is 5.46. The van der Waals surface area contributed by atoms with Gasteiger partial charge in [0.25, 0.3) is 5.91 Å². The first-order valence-electron chi connectivity index (χ1n) is 8.59. The van der Waals surface area contributed by atoms with Crippen molar-refractivity contribution in [3.63, 3.8) is 0 Å². The van der Waals surface area contributed by atoms with Crippen molar-refractivity contribution in [2.45, 2.75) is 45.6 Å². The van der Waals surface area contributed by atoms with Crippen molar-refractivity contribution in [2.24, 2.45) is 0 Å². The fourth-order valence-electron chi connectivity index (χ4n) is 2.95. The van der Waals surface area contributed by atoms with Gasteiger partial charge in [-0.25, -0.2) is 0 Å². The van der Waals surface area contributed by atoms with E-state index in [0.717, 1.165) is 30.2 Å². The van der Waals surface area contributed by atoms with Gasteiger partial charge in [0, 0.05) is 25.9 Å². The first kappa shape index (κ1) is 16.5. The van der Waals surface area contributed by atoms with Crippen molar-refractivity contribution in [3.8, 4) is 5.75 Å². The number of nitrogens with zero attached hydrogens (tertiary/aromatic N) is 3. The van der Waals surface area contributed by atoms with E-state index in [9.17, 15) is 4.79 Å². The molecule has 0 spiro atoms. The lowest BCUT2D eigenvalue weighted by molar-refractivity contribution is -0.123. The number of amides is 1. The lowest BCUT2D eigenvalue weighted by Gasteiger charge is -2.09. The third-order valence-corrected chi connectivity index (χ3v) is 4.22. The number of benzene rings is 1. The highest BCUT2D eigenvalue weighted by Gasteiger charge is 2.14. The topological polar surface area (TPSA) is 69.0 Å². The van der Waals surface area contributed by atoms with Crippen LogP contribution in [-0.4, -0.2) is 33.8 Å². The standard InChI is InChI=1S/C18H24N4O2/c1-14-6-5-7-15(12-14)24-13-18(23)19-10-9-17-21-20-16-8-3-2-4-11-22(16)17/h5-7,12H,2-4,8-11,13H2,1H3,(H,19,23). The molecule has 1 aromatic heterocycles. The minimum atomic E-state index is -0.118. The molecular weight excluding hydrogens is 304 g/mol. The lowest BCUT2D eigenvalue weighted by Crippen LogP contribution is -2.31. The molecule has 0 fully saturated rings. The van der Waals surface area contributed by atoms with Gasteiger partial charge < -0.3 is 14.6 Å². The molecule has 0 atom stereocenters. The Morgan fingerprint density at radius 1 is 1.29 bits per heavy atom. The maximum Gasteiger partial charge on any atom is 0.257 e. The van der Waals surface area contributed by atoms with Crippen LogP contribution in [0.4, 0.5) is 0 Å². The fraction of sp³-hybridized carbons (Fsp3) is 0.500. The molecule has 0 radical (unpaired) electrons. The summed E-state index contributed by atoms with van der Waals surface area (Å²) in [4.78, 5) is 11.9. The summed E-state index contributed by atoms with van der Waals surface area (Å²) in [5.74, 6) is 2.64. The van der Waals surface area contributed by atoms with Crippen LogP contribution in [0.15, 0.2) is 24.3 Å². The van der Waals surface area contributed by atoms with Crippen LogP contribution in [0, 0.1) is 6.92 Å². The molecule has 3 rings (SSSR count). The highest BCUT2D eigenvalue weighted by Crippen LogP contribution is 2.14. The van der Waals surface area contributed by atoms with Crippen molar-refractivity contribution in [2.75, 3.05) is 13.2 Å². The Hall–Kier alpha value is -2.37. The Balaban J connectivity index is 1.43. The van der Waals surface area contributed by atoms with Gasteiger partial charge in [-0.15, -0.1) is 10.2 Å². The predicted octanol–water partition coefficient (Wildman–Crippen LogP) is 2.05. The molecule has 2 aromatic rings. The maximum atomic E-state index is 11.9. The maximum absolute atomic E-state index is 11.9. The van der Waals surface area contributed by atoms with Gasteiger partial charge in [0.1, 0.15) is 17.4 Å². The van der Waals surface area contributed by atoms with Gasteiger partial charge in [0.15, 0.2) is 6.61 Å². The van der Waals surface area contributed by atoms with Gasteiger partial charge in [0.2, 0.25) is 0 Å². The summed E-state index contributed by atoms with van der Waals surface area (Å²) in [6.45, 7) is 3.56. The van der Waals surface area contributed by atoms with Crippen molar-refractivity contribution in [3.05, 3.63) is 41.5 Å². The highest BCUT2D eigenvalue weighted by atomic mass is 16.5. The van der Waals surface area contributed by atoms with Crippen LogP contribution in [-0.2, 0) is 24.2 Å². The number of hydrogen-bond donors (Lipinski definition) is 1. The van der Waals surface area contributed by atoms with Gasteiger partial charge in [-0.05, 0) is 37.5 Å². The van der Waals surface area contributed by atoms with Gasteiger partial charge in [-0.3, -0.25) is 4.79 Å². The molecule has 6 heteroatoms. The second-order valence-electron chi connectivity index (χ2n) is 6.20. The Morgan fingerprint density at radius 3 is 3.08 bits per heavy atom. The monoisotopic (exact) mass is 328 g/mol. The van der Waals surface area contributed by atoms with Gasteiger partial charge >= 0.3 is 0 Å². The zero-order chi connectivity index (χ0) is 16.8. The number of carbonyl (C=O) groups is 1. The molecule has 2 heterocycles. The molecule has 1 aromatic carbocycles. The fourth-order valence-corrected chi connectivity index (χ4v) is 2.95. The molecule has 0 unspecified atom stereocenters. The summed E-state index contributed by atoms with van der Waals surface area (Å²) in [6, 6.07) is 7.68. The quantitative estimate of drug-likeness (QED) is 0.881. The van der Waals surface area contributed by atoms with Crippen LogP contribution in [0.1, 0.15) is 36.5 Å². The van der Waals surface area contributed by atoms with Crippen LogP contribution in [0.25, 0.3) is 0 Å². The second kappa shape index (κ2) is 7.95. The molecule has 0 saturated heterocycles. The van der Waals surface area contributed by atoms with E-state index in [1.165, 1.54) is 19.3 Å². The Labute approximate surface area is 142 Å². The van der Waals surface area contributed by atoms with Crippen molar-refractivity contribution in [1.82, 2.24) is 20.1 Å². The molecule has 0 aliphatic carbocycles. The number of aromatic nitrogens is 3. The Bertz CT molecular complexity index is 696. The average molecular weight is 328 g/mol. The molecule has 6 nitrogen and oxygen atoms in total. The molecule has 1 amide bonds. The largest absolute Gasteiger partial charge is 0.484 e. The van der Waals surface area contributed by atoms with Crippen LogP contribution in [0.2, 0.25) is 0 Å². The van der Waals surface area contributed by atoms with Gasteiger partial charge in [-0.1, -0.05) is 18.6 Å². The molecule has 0 bridgehead atoms. The van der Waals surface area contributed by atoms with E-state index in [2.05, 4.69) is 20.1 Å². The summed E-state index contributed by atoms with van der Waals surface area (Å²) in [5, 5.41) is 11.4. The number of fused-ring (bicyclic) bond motifs is 1. The number of hydrogen-bond acceptors (Lipinski definition) is 4. The predicted molar refractivity (Wildman–Crippen MR) is 91.0 cm³/mol. The van der Waals surface area contributed by atoms with E-state index in [1.807, 2.05) is 31.2 Å². The average Bonchev–Trinajstić information content (AvgIpc) is 2.80. The van der Waals surface area contributed by atoms with Crippen molar-refractivity contribution in [1.29, 1.82) is 0 Å². The summed E-state index contributed by atoms with van der Waals surface area (Å²) in [7, 11) is 0. The normalized spacial score (nSPS) is 13.9. The summed E-state index contributed by atoms with van der Waals surface area (Å²) < 4.78 is 7.71. The molecule has 24 heavy (non-hydrogen) atoms. The summed E-state index contributed by atoms with van der Waals surface area (Å²) in [6.07, 6.45) is 5.31.